The van der Waals surface area contributed by atoms with E-state index in [-0.39, 0.29) is 15.7 Å². The first-order chi connectivity index (χ1) is 12.8. The lowest BCUT2D eigenvalue weighted by atomic mass is 10.1. The van der Waals surface area contributed by atoms with Crippen LogP contribution in [0.1, 0.15) is 6.92 Å². The lowest BCUT2D eigenvalue weighted by molar-refractivity contribution is 0.591. The molecule has 0 fully saturated rings. The van der Waals surface area contributed by atoms with Crippen molar-refractivity contribution >= 4 is 25.5 Å². The molecule has 0 atom stereocenters. The van der Waals surface area contributed by atoms with Crippen molar-refractivity contribution in [3.8, 4) is 11.3 Å². The SMILES string of the molecule is CCS(=O)(=O)c1ccc(-c2cccc(NS(=O)(=O)c3ccccc3)c2)nn1. The molecular weight excluding hydrogens is 386 g/mol. The van der Waals surface area contributed by atoms with Crippen molar-refractivity contribution < 1.29 is 16.8 Å². The molecule has 27 heavy (non-hydrogen) atoms. The number of sulfonamides is 1. The van der Waals surface area contributed by atoms with E-state index in [9.17, 15) is 16.8 Å². The standard InChI is InChI=1S/C18H17N3O4S2/c1-2-26(22,23)18-12-11-17(19-20-18)14-7-6-8-15(13-14)21-27(24,25)16-9-4-3-5-10-16/h3-13,21H,2H2,1H3. The fourth-order valence-electron chi connectivity index (χ4n) is 2.34. The minimum atomic E-state index is -3.71. The Hall–Kier alpha value is -2.78. The highest BCUT2D eigenvalue weighted by Crippen LogP contribution is 2.23. The monoisotopic (exact) mass is 403 g/mol. The van der Waals surface area contributed by atoms with Gasteiger partial charge in [0.05, 0.1) is 16.3 Å². The van der Waals surface area contributed by atoms with Crippen LogP contribution in [-0.4, -0.2) is 32.8 Å². The van der Waals surface area contributed by atoms with E-state index in [1.165, 1.54) is 25.1 Å². The molecule has 0 radical (unpaired) electrons. The van der Waals surface area contributed by atoms with Gasteiger partial charge in [0.2, 0.25) is 0 Å². The highest BCUT2D eigenvalue weighted by molar-refractivity contribution is 7.92. The van der Waals surface area contributed by atoms with Gasteiger partial charge in [0.1, 0.15) is 0 Å². The van der Waals surface area contributed by atoms with Crippen molar-refractivity contribution in [1.29, 1.82) is 0 Å². The van der Waals surface area contributed by atoms with Gasteiger partial charge < -0.3 is 0 Å². The normalized spacial score (nSPS) is 11.9. The van der Waals surface area contributed by atoms with Crippen LogP contribution < -0.4 is 4.72 Å². The van der Waals surface area contributed by atoms with Gasteiger partial charge in [-0.15, -0.1) is 10.2 Å². The zero-order valence-electron chi connectivity index (χ0n) is 14.4. The zero-order chi connectivity index (χ0) is 19.5. The fourth-order valence-corrected chi connectivity index (χ4v) is 4.15. The van der Waals surface area contributed by atoms with Crippen molar-refractivity contribution in [3.05, 3.63) is 66.7 Å². The van der Waals surface area contributed by atoms with Crippen LogP contribution >= 0.6 is 0 Å². The molecule has 140 valence electrons. The molecule has 0 spiro atoms. The zero-order valence-corrected chi connectivity index (χ0v) is 16.0. The summed E-state index contributed by atoms with van der Waals surface area (Å²) in [5, 5.41) is 7.64. The van der Waals surface area contributed by atoms with Crippen molar-refractivity contribution in [1.82, 2.24) is 10.2 Å². The Morgan fingerprint density at radius 1 is 0.852 bits per heavy atom. The summed E-state index contributed by atoms with van der Waals surface area (Å²) in [5.74, 6) is -0.0578. The number of rotatable bonds is 6. The first-order valence-corrected chi connectivity index (χ1v) is 11.2. The Bertz CT molecular complexity index is 1140. The van der Waals surface area contributed by atoms with Gasteiger partial charge in [0, 0.05) is 11.3 Å². The summed E-state index contributed by atoms with van der Waals surface area (Å²) in [6.07, 6.45) is 0. The molecular formula is C18H17N3O4S2. The van der Waals surface area contributed by atoms with Crippen LogP contribution in [0.2, 0.25) is 0 Å². The Morgan fingerprint density at radius 2 is 1.59 bits per heavy atom. The maximum Gasteiger partial charge on any atom is 0.261 e. The number of aromatic nitrogens is 2. The Balaban J connectivity index is 1.88. The molecule has 1 heterocycles. The van der Waals surface area contributed by atoms with E-state index in [4.69, 9.17) is 0 Å². The average molecular weight is 403 g/mol. The summed E-state index contributed by atoms with van der Waals surface area (Å²) < 4.78 is 51.0. The number of nitrogens with zero attached hydrogens (tertiary/aromatic N) is 2. The molecule has 1 aromatic heterocycles. The minimum Gasteiger partial charge on any atom is -0.280 e. The van der Waals surface area contributed by atoms with Crippen molar-refractivity contribution in [2.24, 2.45) is 0 Å². The second-order valence-electron chi connectivity index (χ2n) is 5.66. The van der Waals surface area contributed by atoms with Gasteiger partial charge in [-0.2, -0.15) is 0 Å². The van der Waals surface area contributed by atoms with Crippen molar-refractivity contribution in [2.45, 2.75) is 16.8 Å². The number of sulfone groups is 1. The number of hydrogen-bond donors (Lipinski definition) is 1. The minimum absolute atomic E-state index is 0.0578. The van der Waals surface area contributed by atoms with E-state index < -0.39 is 19.9 Å². The van der Waals surface area contributed by atoms with Crippen molar-refractivity contribution in [2.75, 3.05) is 10.5 Å². The largest absolute Gasteiger partial charge is 0.280 e. The highest BCUT2D eigenvalue weighted by Gasteiger charge is 2.16. The smallest absolute Gasteiger partial charge is 0.261 e. The first-order valence-electron chi connectivity index (χ1n) is 8.06. The lowest BCUT2D eigenvalue weighted by Gasteiger charge is -2.09. The Morgan fingerprint density at radius 3 is 2.22 bits per heavy atom. The van der Waals surface area contributed by atoms with Gasteiger partial charge in [-0.3, -0.25) is 4.72 Å². The van der Waals surface area contributed by atoms with Gasteiger partial charge in [-0.25, -0.2) is 16.8 Å². The van der Waals surface area contributed by atoms with Crippen LogP contribution in [0.4, 0.5) is 5.69 Å². The van der Waals surface area contributed by atoms with Crippen molar-refractivity contribution in [3.63, 3.8) is 0 Å². The maximum absolute atomic E-state index is 12.4. The Labute approximate surface area is 158 Å². The molecule has 0 saturated heterocycles. The van der Waals surface area contributed by atoms with Crippen LogP contribution in [0.15, 0.2) is 76.7 Å². The lowest BCUT2D eigenvalue weighted by Crippen LogP contribution is -2.12. The molecule has 0 saturated carbocycles. The predicted octanol–water partition coefficient (Wildman–Crippen LogP) is 2.74. The molecule has 2 aromatic carbocycles. The summed E-state index contributed by atoms with van der Waals surface area (Å²) in [6.45, 7) is 1.53. The predicted molar refractivity (Wildman–Crippen MR) is 102 cm³/mol. The molecule has 0 aliphatic carbocycles. The topological polar surface area (TPSA) is 106 Å². The van der Waals surface area contributed by atoms with Crippen LogP contribution in [0.5, 0.6) is 0 Å². The third-order valence-electron chi connectivity index (χ3n) is 3.80. The van der Waals surface area contributed by atoms with Crippen LogP contribution in [0.25, 0.3) is 11.3 Å². The summed E-state index contributed by atoms with van der Waals surface area (Å²) in [4.78, 5) is 0.157. The molecule has 7 nitrogen and oxygen atoms in total. The third kappa shape index (κ3) is 4.32. The van der Waals surface area contributed by atoms with Gasteiger partial charge in [0.15, 0.2) is 14.9 Å². The van der Waals surface area contributed by atoms with E-state index >= 15 is 0 Å². The molecule has 0 aliphatic heterocycles. The van der Waals surface area contributed by atoms with Gasteiger partial charge >= 0.3 is 0 Å². The van der Waals surface area contributed by atoms with E-state index in [2.05, 4.69) is 14.9 Å². The van der Waals surface area contributed by atoms with Crippen LogP contribution in [0.3, 0.4) is 0 Å². The highest BCUT2D eigenvalue weighted by atomic mass is 32.2. The number of nitrogens with one attached hydrogen (secondary N) is 1. The first kappa shape index (κ1) is 19.0. The number of anilines is 1. The quantitative estimate of drug-likeness (QED) is 0.678. The van der Waals surface area contributed by atoms with Crippen LogP contribution in [0, 0.1) is 0 Å². The summed E-state index contributed by atoms with van der Waals surface area (Å²) in [7, 11) is -7.13. The molecule has 9 heteroatoms. The summed E-state index contributed by atoms with van der Waals surface area (Å²) in [5.41, 5.74) is 1.41. The summed E-state index contributed by atoms with van der Waals surface area (Å²) in [6, 6.07) is 17.6. The molecule has 1 N–H and O–H groups in total. The van der Waals surface area contributed by atoms with Gasteiger partial charge in [0.25, 0.3) is 10.0 Å². The van der Waals surface area contributed by atoms with E-state index in [0.717, 1.165) is 0 Å². The third-order valence-corrected chi connectivity index (χ3v) is 6.82. The van der Waals surface area contributed by atoms with E-state index in [1.807, 2.05) is 0 Å². The Kier molecular flexibility index (Phi) is 5.24. The second kappa shape index (κ2) is 7.45. The molecule has 0 bridgehead atoms. The van der Waals surface area contributed by atoms with Gasteiger partial charge in [-0.1, -0.05) is 37.3 Å². The summed E-state index contributed by atoms with van der Waals surface area (Å²) >= 11 is 0. The van der Waals surface area contributed by atoms with E-state index in [0.29, 0.717) is 16.9 Å². The molecule has 3 rings (SSSR count). The second-order valence-corrected chi connectivity index (χ2v) is 9.57. The van der Waals surface area contributed by atoms with Gasteiger partial charge in [-0.05, 0) is 36.4 Å². The van der Waals surface area contributed by atoms with Crippen LogP contribution in [-0.2, 0) is 19.9 Å². The number of benzene rings is 2. The fraction of sp³-hybridized carbons (Fsp3) is 0.111. The molecule has 3 aromatic rings. The number of hydrogen-bond acceptors (Lipinski definition) is 6. The maximum atomic E-state index is 12.4. The van der Waals surface area contributed by atoms with E-state index in [1.54, 1.807) is 48.5 Å². The molecule has 0 unspecified atom stereocenters. The average Bonchev–Trinajstić information content (AvgIpc) is 2.69. The molecule has 0 aliphatic rings. The molecule has 0 amide bonds.